The maximum atomic E-state index is 15.1. The van der Waals surface area contributed by atoms with E-state index in [1.807, 2.05) is 0 Å². The first kappa shape index (κ1) is 52.3. The number of fused-ring (bicyclic) bond motifs is 10. The minimum Gasteiger partial charge on any atom is -0.477 e. The number of carbonyl (C=O) groups is 2. The molecule has 0 radical (unpaired) electrons. The summed E-state index contributed by atoms with van der Waals surface area (Å²) in [6.07, 6.45) is 14.4. The number of alkyl halides is 4. The summed E-state index contributed by atoms with van der Waals surface area (Å²) < 4.78 is 75.6. The van der Waals surface area contributed by atoms with E-state index >= 15 is 8.78 Å². The average molecular weight is 941 g/mol. The molecule has 12 heteroatoms. The topological polar surface area (TPSA) is 123 Å². The van der Waals surface area contributed by atoms with Crippen molar-refractivity contribution < 1.29 is 56.7 Å². The van der Waals surface area contributed by atoms with Gasteiger partial charge in [-0.25, -0.2) is 9.59 Å². The highest BCUT2D eigenvalue weighted by atomic mass is 19.3. The van der Waals surface area contributed by atoms with Gasteiger partial charge in [-0.05, 0) is 182 Å². The van der Waals surface area contributed by atoms with Gasteiger partial charge in [-0.3, -0.25) is 0 Å². The Labute approximate surface area is 394 Å². The molecule has 3 N–H and O–H groups in total. The summed E-state index contributed by atoms with van der Waals surface area (Å²) in [5.74, 6) is -9.34. The monoisotopic (exact) mass is 941 g/mol. The van der Waals surface area contributed by atoms with Crippen LogP contribution in [0.2, 0.25) is 0 Å². The van der Waals surface area contributed by atoms with Gasteiger partial charge in [0.25, 0.3) is 0 Å². The van der Waals surface area contributed by atoms with E-state index in [-0.39, 0.29) is 70.3 Å². The zero-order valence-corrected chi connectivity index (χ0v) is 42.3. The fourth-order valence-corrected chi connectivity index (χ4v) is 19.2. The average Bonchev–Trinajstić information content (AvgIpc) is 3.82. The van der Waals surface area contributed by atoms with Gasteiger partial charge in [0.15, 0.2) is 0 Å². The predicted molar refractivity (Wildman–Crippen MR) is 245 cm³/mol. The van der Waals surface area contributed by atoms with Crippen molar-refractivity contribution in [3.8, 4) is 0 Å². The molecule has 0 saturated heterocycles. The summed E-state index contributed by atoms with van der Waals surface area (Å²) in [5, 5.41) is 31.1. The van der Waals surface area contributed by atoms with Crippen molar-refractivity contribution in [1.82, 2.24) is 0 Å². The quantitative estimate of drug-likeness (QED) is 0.106. The number of hydrogen-bond donors (Lipinski definition) is 3. The number of esters is 1. The first-order valence-corrected chi connectivity index (χ1v) is 26.4. The highest BCUT2D eigenvalue weighted by molar-refractivity contribution is 5.77. The first-order valence-electron chi connectivity index (χ1n) is 26.4. The number of carboxylic acids is 1. The zero-order chi connectivity index (χ0) is 48.7. The van der Waals surface area contributed by atoms with Gasteiger partial charge in [0, 0.05) is 18.9 Å². The third kappa shape index (κ3) is 8.13. The van der Waals surface area contributed by atoms with Gasteiger partial charge in [0.05, 0.1) is 25.4 Å². The number of aliphatic hydroxyl groups is 2. The second kappa shape index (κ2) is 18.9. The molecule has 8 nitrogen and oxygen atoms in total. The Balaban J connectivity index is 0.000000198. The molecule has 0 aromatic rings. The van der Waals surface area contributed by atoms with Crippen LogP contribution in [0.1, 0.15) is 165 Å². The number of carbonyl (C=O) groups excluding carboxylic acids is 1. The molecule has 0 aromatic heterocycles. The standard InChI is InChI=1S/C29H48F2O4.C25H40F2O4/c1-8-19-23-15-17(2)11-13-28(23,5)22-12-14-27(4)20(18(3)29(30,31)26(32)34-7)9-10-21(27)24(22)25(19)35-16-33-6;1-5-15-19-12-14(28)8-10-24(19,4)18-9-11-23(3)16(13(2)25(26,27)22(30)31)6-7-17(23)20(18)21(15)29/h17-25H,8-16H2,1-7H3;13-21,28-29H,5-12H2,1-4H3,(H,30,31)/t17-,18+,19-,20-,21?,22?,23+,24?,25-,27-,28-;13-,14+,15+,16+,17?,18?,19-,20?,21+,23+,24+/m10/s1. The van der Waals surface area contributed by atoms with Crippen LogP contribution in [-0.2, 0) is 23.8 Å². The minimum atomic E-state index is -3.73. The van der Waals surface area contributed by atoms with Crippen molar-refractivity contribution in [1.29, 1.82) is 0 Å². The number of carboxylic acid groups (broad SMARTS) is 1. The number of hydrogen-bond acceptors (Lipinski definition) is 7. The predicted octanol–water partition coefficient (Wildman–Crippen LogP) is 11.9. The minimum absolute atomic E-state index is 0.0693. The number of ether oxygens (including phenoxy) is 3. The molecule has 8 saturated carbocycles. The van der Waals surface area contributed by atoms with E-state index in [1.54, 1.807) is 14.0 Å². The summed E-state index contributed by atoms with van der Waals surface area (Å²) >= 11 is 0. The van der Waals surface area contributed by atoms with E-state index < -0.39 is 41.7 Å². The van der Waals surface area contributed by atoms with Crippen molar-refractivity contribution in [2.45, 2.75) is 195 Å². The van der Waals surface area contributed by atoms with E-state index in [1.165, 1.54) is 26.2 Å². The molecule has 0 aliphatic heterocycles. The Morgan fingerprint density at radius 2 is 1.11 bits per heavy atom. The third-order valence-corrected chi connectivity index (χ3v) is 22.7. The van der Waals surface area contributed by atoms with Gasteiger partial charge >= 0.3 is 23.8 Å². The molecular formula is C54H88F4O8. The Morgan fingerprint density at radius 3 is 1.62 bits per heavy atom. The molecule has 0 heterocycles. The molecule has 8 rings (SSSR count). The van der Waals surface area contributed by atoms with Gasteiger partial charge in [-0.1, -0.05) is 81.6 Å². The smallest absolute Gasteiger partial charge is 0.377 e. The van der Waals surface area contributed by atoms with Crippen LogP contribution in [0.5, 0.6) is 0 Å². The van der Waals surface area contributed by atoms with Gasteiger partial charge in [0.2, 0.25) is 0 Å². The summed E-state index contributed by atoms with van der Waals surface area (Å²) in [6.45, 7) is 19.3. The lowest BCUT2D eigenvalue weighted by Crippen LogP contribution is -2.62. The molecule has 0 bridgehead atoms. The van der Waals surface area contributed by atoms with Crippen LogP contribution < -0.4 is 0 Å². The summed E-state index contributed by atoms with van der Waals surface area (Å²) in [7, 11) is 2.74. The van der Waals surface area contributed by atoms with E-state index in [0.29, 0.717) is 47.8 Å². The molecule has 22 atom stereocenters. The normalized spacial score (nSPS) is 48.4. The maximum absolute atomic E-state index is 15.1. The number of aliphatic hydroxyl groups excluding tert-OH is 2. The Kier molecular flexibility index (Phi) is 15.0. The molecule has 0 amide bonds. The van der Waals surface area contributed by atoms with Gasteiger partial charge in [0.1, 0.15) is 6.79 Å². The lowest BCUT2D eigenvalue weighted by molar-refractivity contribution is -0.234. The molecule has 8 aliphatic rings. The van der Waals surface area contributed by atoms with Crippen molar-refractivity contribution in [2.24, 2.45) is 110 Å². The lowest BCUT2D eigenvalue weighted by atomic mass is 9.41. The summed E-state index contributed by atoms with van der Waals surface area (Å²) in [5.41, 5.74) is -0.238. The molecular weight excluding hydrogens is 853 g/mol. The summed E-state index contributed by atoms with van der Waals surface area (Å²) in [4.78, 5) is 23.3. The van der Waals surface area contributed by atoms with Crippen LogP contribution >= 0.6 is 0 Å². The van der Waals surface area contributed by atoms with Gasteiger partial charge < -0.3 is 29.5 Å². The van der Waals surface area contributed by atoms with E-state index in [9.17, 15) is 28.6 Å². The number of methoxy groups -OCH3 is 2. The SMILES string of the molecule is CC[C@H]1[C@@H](O)C2C3CC[C@H]([C@H](C)C(F)(F)C(=O)O)[C@@]3(C)CCC2[C@@]2(C)CC[C@@H](O)C[C@@H]12.CC[C@H]1[C@@H](OCOC)C2C3CC[C@H]([C@H](C)C(F)(F)C(=O)OC)[C@@]3(C)CCC2[C@@]2(C)CC[C@@H](C)C[C@@H]12. The largest absolute Gasteiger partial charge is 0.477 e. The third-order valence-electron chi connectivity index (χ3n) is 22.7. The van der Waals surface area contributed by atoms with Crippen molar-refractivity contribution in [3.63, 3.8) is 0 Å². The zero-order valence-electron chi connectivity index (χ0n) is 42.3. The lowest BCUT2D eigenvalue weighted by Gasteiger charge is -2.65. The highest BCUT2D eigenvalue weighted by Crippen LogP contribution is 2.72. The fraction of sp³-hybridized carbons (Fsp3) is 0.963. The van der Waals surface area contributed by atoms with Gasteiger partial charge in [-0.15, -0.1) is 0 Å². The Bertz CT molecular complexity index is 1730. The molecule has 0 aromatic carbocycles. The Hall–Kier alpha value is -1.50. The first-order chi connectivity index (χ1) is 30.9. The molecule has 8 aliphatic carbocycles. The second-order valence-corrected chi connectivity index (χ2v) is 24.9. The number of halogens is 4. The maximum Gasteiger partial charge on any atom is 0.377 e. The molecule has 6 unspecified atom stereocenters. The van der Waals surface area contributed by atoms with Crippen molar-refractivity contribution >= 4 is 11.9 Å². The summed E-state index contributed by atoms with van der Waals surface area (Å²) in [6, 6.07) is 0. The molecule has 8 fully saturated rings. The van der Waals surface area contributed by atoms with Crippen LogP contribution in [-0.4, -0.2) is 78.4 Å². The van der Waals surface area contributed by atoms with Crippen molar-refractivity contribution in [3.05, 3.63) is 0 Å². The van der Waals surface area contributed by atoms with E-state index in [0.717, 1.165) is 90.1 Å². The van der Waals surface area contributed by atoms with E-state index in [2.05, 4.69) is 53.2 Å². The fourth-order valence-electron chi connectivity index (χ4n) is 19.2. The van der Waals surface area contributed by atoms with Gasteiger partial charge in [-0.2, -0.15) is 17.6 Å². The Morgan fingerprint density at radius 1 is 0.636 bits per heavy atom. The highest BCUT2D eigenvalue weighted by Gasteiger charge is 2.69. The van der Waals surface area contributed by atoms with Crippen LogP contribution in [0.4, 0.5) is 17.6 Å². The van der Waals surface area contributed by atoms with Crippen LogP contribution in [0, 0.1) is 110 Å². The van der Waals surface area contributed by atoms with Crippen LogP contribution in [0.3, 0.4) is 0 Å². The van der Waals surface area contributed by atoms with Crippen LogP contribution in [0.15, 0.2) is 0 Å². The molecule has 66 heavy (non-hydrogen) atoms. The number of aliphatic carboxylic acids is 1. The van der Waals surface area contributed by atoms with Crippen molar-refractivity contribution in [2.75, 3.05) is 21.0 Å². The molecule has 0 spiro atoms. The number of rotatable bonds is 11. The van der Waals surface area contributed by atoms with Crippen LogP contribution in [0.25, 0.3) is 0 Å². The van der Waals surface area contributed by atoms with E-state index in [4.69, 9.17) is 14.6 Å². The molecule has 380 valence electrons. The second-order valence-electron chi connectivity index (χ2n) is 24.9.